The molecule has 0 radical (unpaired) electrons. The van der Waals surface area contributed by atoms with Crippen molar-refractivity contribution >= 4 is 27.6 Å². The predicted molar refractivity (Wildman–Crippen MR) is 70.4 cm³/mol. The second-order valence-electron chi connectivity index (χ2n) is 5.28. The number of amides is 3. The van der Waals surface area contributed by atoms with E-state index in [1.54, 1.807) is 0 Å². The van der Waals surface area contributed by atoms with Crippen LogP contribution in [0.3, 0.4) is 0 Å². The van der Waals surface area contributed by atoms with Gasteiger partial charge in [0.2, 0.25) is 17.7 Å². The van der Waals surface area contributed by atoms with Crippen molar-refractivity contribution in [2.24, 2.45) is 0 Å². The van der Waals surface area contributed by atoms with Gasteiger partial charge in [0.25, 0.3) is 0 Å². The quantitative estimate of drug-likeness (QED) is 0.635. The molecule has 0 aromatic heterocycles. The molecule has 0 N–H and O–H groups in total. The first-order valence-electron chi connectivity index (χ1n) is 6.59. The van der Waals surface area contributed by atoms with E-state index in [1.807, 2.05) is 0 Å². The SMILES string of the molecule is CS(=O)(=O)C1CCN(C(=O)CN2C(=O)CCC2=O)CC1. The van der Waals surface area contributed by atoms with E-state index < -0.39 is 15.1 Å². The van der Waals surface area contributed by atoms with Crippen molar-refractivity contribution in [3.63, 3.8) is 0 Å². The monoisotopic (exact) mass is 302 g/mol. The second kappa shape index (κ2) is 5.51. The minimum Gasteiger partial charge on any atom is -0.341 e. The third-order valence-electron chi connectivity index (χ3n) is 3.85. The molecule has 0 unspecified atom stereocenters. The van der Waals surface area contributed by atoms with E-state index in [9.17, 15) is 22.8 Å². The number of nitrogens with zero attached hydrogens (tertiary/aromatic N) is 2. The topological polar surface area (TPSA) is 91.8 Å². The number of likely N-dealkylation sites (tertiary alicyclic amines) is 2. The van der Waals surface area contributed by atoms with Crippen molar-refractivity contribution in [1.29, 1.82) is 0 Å². The van der Waals surface area contributed by atoms with E-state index in [4.69, 9.17) is 0 Å². The molecule has 2 aliphatic rings. The molecule has 0 aliphatic carbocycles. The van der Waals surface area contributed by atoms with Crippen LogP contribution in [-0.2, 0) is 24.2 Å². The Morgan fingerprint density at radius 1 is 1.15 bits per heavy atom. The molecule has 0 bridgehead atoms. The number of rotatable bonds is 3. The molecule has 2 aliphatic heterocycles. The number of carbonyl (C=O) groups is 3. The Kier molecular flexibility index (Phi) is 4.12. The molecular weight excluding hydrogens is 284 g/mol. The molecule has 2 heterocycles. The van der Waals surface area contributed by atoms with Crippen LogP contribution < -0.4 is 0 Å². The highest BCUT2D eigenvalue weighted by Crippen LogP contribution is 2.18. The summed E-state index contributed by atoms with van der Waals surface area (Å²) in [6, 6.07) is 0. The highest BCUT2D eigenvalue weighted by Gasteiger charge is 2.34. The number of imide groups is 1. The second-order valence-corrected chi connectivity index (χ2v) is 7.61. The summed E-state index contributed by atoms with van der Waals surface area (Å²) in [6.07, 6.45) is 2.36. The molecule has 20 heavy (non-hydrogen) atoms. The van der Waals surface area contributed by atoms with E-state index in [1.165, 1.54) is 11.2 Å². The Hall–Kier alpha value is -1.44. The number of hydrogen-bond donors (Lipinski definition) is 0. The number of piperidine rings is 1. The lowest BCUT2D eigenvalue weighted by molar-refractivity contribution is -0.145. The summed E-state index contributed by atoms with van der Waals surface area (Å²) < 4.78 is 22.9. The largest absolute Gasteiger partial charge is 0.341 e. The minimum absolute atomic E-state index is 0.169. The predicted octanol–water partition coefficient (Wildman–Crippen LogP) is -0.829. The number of carbonyl (C=O) groups excluding carboxylic acids is 3. The van der Waals surface area contributed by atoms with E-state index >= 15 is 0 Å². The van der Waals surface area contributed by atoms with Crippen molar-refractivity contribution in [2.75, 3.05) is 25.9 Å². The molecule has 2 fully saturated rings. The Balaban J connectivity index is 1.89. The van der Waals surface area contributed by atoms with Crippen LogP contribution >= 0.6 is 0 Å². The molecule has 7 nitrogen and oxygen atoms in total. The molecule has 8 heteroatoms. The fourth-order valence-electron chi connectivity index (χ4n) is 2.57. The van der Waals surface area contributed by atoms with Crippen LogP contribution in [0.4, 0.5) is 0 Å². The van der Waals surface area contributed by atoms with Crippen molar-refractivity contribution in [2.45, 2.75) is 30.9 Å². The summed E-state index contributed by atoms with van der Waals surface area (Å²) in [5.74, 6) is -0.913. The van der Waals surface area contributed by atoms with Gasteiger partial charge in [-0.15, -0.1) is 0 Å². The first-order chi connectivity index (χ1) is 9.29. The van der Waals surface area contributed by atoms with Gasteiger partial charge in [-0.25, -0.2) is 8.42 Å². The maximum atomic E-state index is 12.0. The summed E-state index contributed by atoms with van der Waals surface area (Å²) >= 11 is 0. The zero-order valence-corrected chi connectivity index (χ0v) is 12.2. The number of sulfone groups is 1. The average Bonchev–Trinajstić information content (AvgIpc) is 2.69. The Bertz CT molecular complexity index is 518. The van der Waals surface area contributed by atoms with Gasteiger partial charge in [-0.2, -0.15) is 0 Å². The van der Waals surface area contributed by atoms with Gasteiger partial charge in [-0.05, 0) is 12.8 Å². The van der Waals surface area contributed by atoms with Crippen LogP contribution in [0.1, 0.15) is 25.7 Å². The smallest absolute Gasteiger partial charge is 0.242 e. The van der Waals surface area contributed by atoms with E-state index in [-0.39, 0.29) is 37.1 Å². The van der Waals surface area contributed by atoms with Gasteiger partial charge in [0.15, 0.2) is 0 Å². The van der Waals surface area contributed by atoms with Crippen LogP contribution in [0.15, 0.2) is 0 Å². The summed E-state index contributed by atoms with van der Waals surface area (Å²) in [5.41, 5.74) is 0. The lowest BCUT2D eigenvalue weighted by Crippen LogP contribution is -2.47. The molecule has 0 aromatic rings. The maximum Gasteiger partial charge on any atom is 0.242 e. The number of hydrogen-bond acceptors (Lipinski definition) is 5. The van der Waals surface area contributed by atoms with E-state index in [2.05, 4.69) is 0 Å². The molecule has 0 spiro atoms. The highest BCUT2D eigenvalue weighted by molar-refractivity contribution is 7.91. The van der Waals surface area contributed by atoms with Gasteiger partial charge in [0, 0.05) is 32.2 Å². The minimum atomic E-state index is -3.07. The summed E-state index contributed by atoms with van der Waals surface area (Å²) in [6.45, 7) is 0.487. The Morgan fingerprint density at radius 3 is 2.10 bits per heavy atom. The van der Waals surface area contributed by atoms with E-state index in [0.29, 0.717) is 25.9 Å². The molecule has 112 valence electrons. The van der Waals surface area contributed by atoms with E-state index in [0.717, 1.165) is 4.90 Å². The standard InChI is InChI=1S/C12H18N2O5S/c1-20(18,19)9-4-6-13(7-5-9)12(17)8-14-10(15)2-3-11(14)16/h9H,2-8H2,1H3. The van der Waals surface area contributed by atoms with Crippen molar-refractivity contribution in [1.82, 2.24) is 9.80 Å². The van der Waals surface area contributed by atoms with Gasteiger partial charge in [-0.1, -0.05) is 0 Å². The van der Waals surface area contributed by atoms with Crippen LogP contribution in [-0.4, -0.2) is 67.1 Å². The summed E-state index contributed by atoms with van der Waals surface area (Å²) in [5, 5.41) is -0.401. The first kappa shape index (κ1) is 15.0. The molecule has 0 aromatic carbocycles. The fourth-order valence-corrected chi connectivity index (χ4v) is 3.63. The first-order valence-corrected chi connectivity index (χ1v) is 8.54. The maximum absolute atomic E-state index is 12.0. The van der Waals surface area contributed by atoms with Gasteiger partial charge < -0.3 is 4.90 Å². The van der Waals surface area contributed by atoms with Gasteiger partial charge in [0.05, 0.1) is 5.25 Å². The molecular formula is C12H18N2O5S. The fraction of sp³-hybridized carbons (Fsp3) is 0.750. The van der Waals surface area contributed by atoms with Gasteiger partial charge >= 0.3 is 0 Å². The molecule has 2 rings (SSSR count). The average molecular weight is 302 g/mol. The zero-order chi connectivity index (χ0) is 14.9. The third-order valence-corrected chi connectivity index (χ3v) is 5.53. The Morgan fingerprint density at radius 2 is 1.65 bits per heavy atom. The van der Waals surface area contributed by atoms with Gasteiger partial charge in [-0.3, -0.25) is 19.3 Å². The summed E-state index contributed by atoms with van der Waals surface area (Å²) in [7, 11) is -3.07. The van der Waals surface area contributed by atoms with Crippen molar-refractivity contribution in [3.05, 3.63) is 0 Å². The van der Waals surface area contributed by atoms with Crippen molar-refractivity contribution in [3.8, 4) is 0 Å². The lowest BCUT2D eigenvalue weighted by atomic mass is 10.1. The zero-order valence-electron chi connectivity index (χ0n) is 11.4. The molecule has 3 amide bonds. The van der Waals surface area contributed by atoms with Crippen LogP contribution in [0.25, 0.3) is 0 Å². The van der Waals surface area contributed by atoms with Crippen LogP contribution in [0.2, 0.25) is 0 Å². The Labute approximate surface area is 117 Å². The molecule has 0 atom stereocenters. The van der Waals surface area contributed by atoms with Crippen molar-refractivity contribution < 1.29 is 22.8 Å². The lowest BCUT2D eigenvalue weighted by Gasteiger charge is -2.32. The summed E-state index contributed by atoms with van der Waals surface area (Å²) in [4.78, 5) is 37.4. The third kappa shape index (κ3) is 3.17. The van der Waals surface area contributed by atoms with Gasteiger partial charge in [0.1, 0.15) is 16.4 Å². The normalized spacial score (nSPS) is 21.6. The molecule has 0 saturated carbocycles. The van der Waals surface area contributed by atoms with Crippen LogP contribution in [0, 0.1) is 0 Å². The highest BCUT2D eigenvalue weighted by atomic mass is 32.2. The molecule has 2 saturated heterocycles. The van der Waals surface area contributed by atoms with Crippen LogP contribution in [0.5, 0.6) is 0 Å².